The van der Waals surface area contributed by atoms with Gasteiger partial charge in [0.2, 0.25) is 0 Å². The van der Waals surface area contributed by atoms with Gasteiger partial charge in [0.1, 0.15) is 0 Å². The highest BCUT2D eigenvalue weighted by molar-refractivity contribution is 7.80. The van der Waals surface area contributed by atoms with Crippen molar-refractivity contribution in [3.8, 4) is 0 Å². The van der Waals surface area contributed by atoms with Crippen molar-refractivity contribution in [2.45, 2.75) is 37.2 Å². The van der Waals surface area contributed by atoms with Crippen LogP contribution in [0.15, 0.2) is 36.5 Å². The number of rotatable bonds is 2. The van der Waals surface area contributed by atoms with Crippen molar-refractivity contribution < 1.29 is 5.11 Å². The van der Waals surface area contributed by atoms with Gasteiger partial charge < -0.3 is 10.4 Å². The molecule has 110 valence electrons. The molecule has 1 aliphatic carbocycles. The predicted octanol–water partition coefficient (Wildman–Crippen LogP) is 2.95. The van der Waals surface area contributed by atoms with Crippen molar-refractivity contribution in [3.63, 3.8) is 0 Å². The number of nitrogens with one attached hydrogen (secondary N) is 1. The normalized spacial score (nSPS) is 25.7. The van der Waals surface area contributed by atoms with Crippen LogP contribution in [0.25, 0.3) is 10.9 Å². The molecule has 1 aromatic heterocycles. The summed E-state index contributed by atoms with van der Waals surface area (Å²) in [5, 5.41) is 14.9. The Bertz CT molecular complexity index is 673. The van der Waals surface area contributed by atoms with E-state index in [9.17, 15) is 5.11 Å². The molecule has 0 bridgehead atoms. The van der Waals surface area contributed by atoms with E-state index in [1.54, 1.807) is 0 Å². The Morgan fingerprint density at radius 2 is 2.19 bits per heavy atom. The van der Waals surface area contributed by atoms with E-state index < -0.39 is 11.5 Å². The van der Waals surface area contributed by atoms with Crippen LogP contribution in [0.4, 0.5) is 0 Å². The molecule has 1 saturated carbocycles. The van der Waals surface area contributed by atoms with Crippen molar-refractivity contribution >= 4 is 28.1 Å². The summed E-state index contributed by atoms with van der Waals surface area (Å²) in [7, 11) is 1.83. The SMILES string of the molecule is CNC(=S)C1(c2cnc3ccccc3c2)CCCCC1O. The number of likely N-dealkylation sites (N-methyl/N-ethyl adjacent to an activating group) is 1. The van der Waals surface area contributed by atoms with E-state index in [-0.39, 0.29) is 0 Å². The van der Waals surface area contributed by atoms with E-state index in [4.69, 9.17) is 12.2 Å². The topological polar surface area (TPSA) is 45.2 Å². The molecule has 2 aromatic rings. The van der Waals surface area contributed by atoms with Crippen LogP contribution in [0, 0.1) is 0 Å². The molecule has 0 radical (unpaired) electrons. The summed E-state index contributed by atoms with van der Waals surface area (Å²) in [4.78, 5) is 5.27. The maximum absolute atomic E-state index is 10.7. The van der Waals surface area contributed by atoms with E-state index >= 15 is 0 Å². The molecular weight excluding hydrogens is 280 g/mol. The Morgan fingerprint density at radius 1 is 1.38 bits per heavy atom. The zero-order valence-corrected chi connectivity index (χ0v) is 13.0. The average Bonchev–Trinajstić information content (AvgIpc) is 2.54. The number of thiocarbonyl (C=S) groups is 1. The molecule has 2 unspecified atom stereocenters. The van der Waals surface area contributed by atoms with Gasteiger partial charge in [0.25, 0.3) is 0 Å². The Morgan fingerprint density at radius 3 is 2.95 bits per heavy atom. The van der Waals surface area contributed by atoms with E-state index in [0.717, 1.165) is 42.1 Å². The number of aromatic nitrogens is 1. The van der Waals surface area contributed by atoms with Gasteiger partial charge in [0.05, 0.1) is 22.0 Å². The Hall–Kier alpha value is -1.52. The van der Waals surface area contributed by atoms with Gasteiger partial charge in [-0.2, -0.15) is 0 Å². The molecule has 0 saturated heterocycles. The van der Waals surface area contributed by atoms with Gasteiger partial charge in [-0.3, -0.25) is 4.98 Å². The molecule has 1 aromatic carbocycles. The summed E-state index contributed by atoms with van der Waals surface area (Å²) in [5.74, 6) is 0. The molecule has 3 rings (SSSR count). The lowest BCUT2D eigenvalue weighted by molar-refractivity contribution is 0.0777. The smallest absolute Gasteiger partial charge is 0.0884 e. The highest BCUT2D eigenvalue weighted by atomic mass is 32.1. The van der Waals surface area contributed by atoms with Crippen LogP contribution in [-0.2, 0) is 5.41 Å². The molecule has 1 fully saturated rings. The van der Waals surface area contributed by atoms with Gasteiger partial charge in [0.15, 0.2) is 0 Å². The number of nitrogens with zero attached hydrogens (tertiary/aromatic N) is 1. The largest absolute Gasteiger partial charge is 0.392 e. The van der Waals surface area contributed by atoms with Crippen molar-refractivity contribution in [3.05, 3.63) is 42.1 Å². The monoisotopic (exact) mass is 300 g/mol. The van der Waals surface area contributed by atoms with E-state index in [2.05, 4.69) is 22.4 Å². The van der Waals surface area contributed by atoms with Crippen LogP contribution < -0.4 is 5.32 Å². The second-order valence-corrected chi connectivity index (χ2v) is 6.14. The third kappa shape index (κ3) is 2.32. The van der Waals surface area contributed by atoms with Gasteiger partial charge in [-0.25, -0.2) is 0 Å². The number of para-hydroxylation sites is 1. The van der Waals surface area contributed by atoms with Crippen LogP contribution in [-0.4, -0.2) is 28.2 Å². The van der Waals surface area contributed by atoms with Crippen LogP contribution in [0.2, 0.25) is 0 Å². The van der Waals surface area contributed by atoms with Crippen LogP contribution in [0.3, 0.4) is 0 Å². The molecule has 0 spiro atoms. The number of hydrogen-bond donors (Lipinski definition) is 2. The lowest BCUT2D eigenvalue weighted by atomic mass is 9.67. The third-order valence-corrected chi connectivity index (χ3v) is 5.17. The Balaban J connectivity index is 2.16. The molecule has 2 N–H and O–H groups in total. The van der Waals surface area contributed by atoms with Crippen LogP contribution in [0.5, 0.6) is 0 Å². The Kier molecular flexibility index (Phi) is 3.91. The first-order valence-corrected chi connectivity index (χ1v) is 7.85. The summed E-state index contributed by atoms with van der Waals surface area (Å²) in [6.45, 7) is 0. The lowest BCUT2D eigenvalue weighted by Crippen LogP contribution is -2.52. The van der Waals surface area contributed by atoms with Crippen molar-refractivity contribution in [2.24, 2.45) is 0 Å². The summed E-state index contributed by atoms with van der Waals surface area (Å²) in [6, 6.07) is 10.2. The first kappa shape index (κ1) is 14.4. The molecule has 0 aliphatic heterocycles. The quantitative estimate of drug-likeness (QED) is 0.837. The summed E-state index contributed by atoms with van der Waals surface area (Å²) in [6.07, 6.45) is 5.21. The third-order valence-electron chi connectivity index (χ3n) is 4.61. The summed E-state index contributed by atoms with van der Waals surface area (Å²) in [5.41, 5.74) is 1.49. The van der Waals surface area contributed by atoms with Crippen molar-refractivity contribution in [2.75, 3.05) is 7.05 Å². The second kappa shape index (κ2) is 5.70. The van der Waals surface area contributed by atoms with Gasteiger partial charge in [-0.1, -0.05) is 43.3 Å². The molecule has 0 amide bonds. The van der Waals surface area contributed by atoms with Crippen LogP contribution in [0.1, 0.15) is 31.2 Å². The average molecular weight is 300 g/mol. The molecule has 4 heteroatoms. The second-order valence-electron chi connectivity index (χ2n) is 5.73. The van der Waals surface area contributed by atoms with E-state index in [1.807, 2.05) is 31.4 Å². The number of hydrogen-bond acceptors (Lipinski definition) is 3. The van der Waals surface area contributed by atoms with Gasteiger partial charge >= 0.3 is 0 Å². The minimum Gasteiger partial charge on any atom is -0.392 e. The Labute approximate surface area is 130 Å². The lowest BCUT2D eigenvalue weighted by Gasteiger charge is -2.42. The highest BCUT2D eigenvalue weighted by Crippen LogP contribution is 2.41. The zero-order chi connectivity index (χ0) is 14.9. The first-order valence-electron chi connectivity index (χ1n) is 7.44. The number of aliphatic hydroxyl groups is 1. The molecule has 21 heavy (non-hydrogen) atoms. The fourth-order valence-corrected chi connectivity index (χ4v) is 3.78. The number of benzene rings is 1. The number of pyridine rings is 1. The molecule has 2 atom stereocenters. The maximum atomic E-state index is 10.7. The van der Waals surface area contributed by atoms with Gasteiger partial charge in [0, 0.05) is 18.6 Å². The fourth-order valence-electron chi connectivity index (χ4n) is 3.43. The number of fused-ring (bicyclic) bond motifs is 1. The van der Waals surface area contributed by atoms with Gasteiger partial charge in [-0.05, 0) is 30.5 Å². The van der Waals surface area contributed by atoms with Crippen molar-refractivity contribution in [1.82, 2.24) is 10.3 Å². The maximum Gasteiger partial charge on any atom is 0.0884 e. The standard InChI is InChI=1S/C17H20N2OS/c1-18-16(21)17(9-5-4-8-15(17)20)13-10-12-6-2-3-7-14(12)19-11-13/h2-3,6-7,10-11,15,20H,4-5,8-9H2,1H3,(H,18,21). The van der Waals surface area contributed by atoms with E-state index in [1.165, 1.54) is 0 Å². The highest BCUT2D eigenvalue weighted by Gasteiger charge is 2.45. The number of aliphatic hydroxyl groups excluding tert-OH is 1. The first-order chi connectivity index (χ1) is 10.2. The van der Waals surface area contributed by atoms with Gasteiger partial charge in [-0.15, -0.1) is 0 Å². The molecular formula is C17H20N2OS. The minimum atomic E-state index is -0.501. The van der Waals surface area contributed by atoms with Crippen molar-refractivity contribution in [1.29, 1.82) is 0 Å². The molecule has 3 nitrogen and oxygen atoms in total. The minimum absolute atomic E-state index is 0.450. The predicted molar refractivity (Wildman–Crippen MR) is 89.6 cm³/mol. The van der Waals surface area contributed by atoms with Crippen LogP contribution >= 0.6 is 12.2 Å². The summed E-state index contributed by atoms with van der Waals surface area (Å²) >= 11 is 5.57. The molecule has 1 aliphatic rings. The summed E-state index contributed by atoms with van der Waals surface area (Å²) < 4.78 is 0. The fraction of sp³-hybridized carbons (Fsp3) is 0.412. The molecule has 1 heterocycles. The van der Waals surface area contributed by atoms with E-state index in [0.29, 0.717) is 4.99 Å². The zero-order valence-electron chi connectivity index (χ0n) is 12.2.